The minimum absolute atomic E-state index is 0. The van der Waals surface area contributed by atoms with E-state index in [0.717, 1.165) is 0 Å². The molecule has 0 bridgehead atoms. The van der Waals surface area contributed by atoms with Gasteiger partial charge in [-0.1, -0.05) is 0 Å². The third-order valence-corrected chi connectivity index (χ3v) is 1.88. The van der Waals surface area contributed by atoms with E-state index in [1.807, 2.05) is 0 Å². The maximum Gasteiger partial charge on any atom is 1.00 e. The Morgan fingerprint density at radius 1 is 1.11 bits per heavy atom. The van der Waals surface area contributed by atoms with Crippen molar-refractivity contribution < 1.29 is 75.6 Å². The molecular formula is C12H20KNO5. The summed E-state index contributed by atoms with van der Waals surface area (Å²) >= 11 is 0. The van der Waals surface area contributed by atoms with Crippen LogP contribution in [0, 0.1) is 0 Å². The Labute approximate surface area is 156 Å². The predicted octanol–water partition coefficient (Wildman–Crippen LogP) is -3.24. The molecule has 0 aromatic heterocycles. The first-order chi connectivity index (χ1) is 8.20. The van der Waals surface area contributed by atoms with Crippen molar-refractivity contribution in [3.8, 4) is 0 Å². The summed E-state index contributed by atoms with van der Waals surface area (Å²) in [4.78, 5) is 32.7. The molecule has 0 unspecified atom stereocenters. The first-order valence-electron chi connectivity index (χ1n) is 5.89. The van der Waals surface area contributed by atoms with E-state index in [9.17, 15) is 19.5 Å². The molecule has 1 amide bonds. The van der Waals surface area contributed by atoms with Gasteiger partial charge in [-0.05, 0) is 40.0 Å². The number of esters is 1. The third-order valence-electron chi connectivity index (χ3n) is 1.88. The van der Waals surface area contributed by atoms with Gasteiger partial charge >= 0.3 is 57.4 Å². The van der Waals surface area contributed by atoms with Crippen LogP contribution in [0.25, 0.3) is 0 Å². The fourth-order valence-corrected chi connectivity index (χ4v) is 1.19. The maximum atomic E-state index is 11.3. The molecule has 0 aliphatic rings. The first-order valence-corrected chi connectivity index (χ1v) is 5.89. The molecule has 0 radical (unpaired) electrons. The fraction of sp³-hybridized carbons (Fsp3) is 0.750. The number of carbonyl (C=O) groups is 3. The number of hydrogen-bond acceptors (Lipinski definition) is 5. The molecule has 0 saturated heterocycles. The molecule has 1 N–H and O–H groups in total. The van der Waals surface area contributed by atoms with Crippen LogP contribution in [-0.4, -0.2) is 30.0 Å². The first kappa shape index (κ1) is 21.3. The summed E-state index contributed by atoms with van der Waals surface area (Å²) in [5.74, 6) is -1.91. The van der Waals surface area contributed by atoms with Gasteiger partial charge in [-0.2, -0.15) is 0 Å². The van der Waals surface area contributed by atoms with Gasteiger partial charge in [0.15, 0.2) is 0 Å². The van der Waals surface area contributed by atoms with E-state index in [0.29, 0.717) is 12.8 Å². The molecule has 0 aliphatic carbocycles. The van der Waals surface area contributed by atoms with Crippen molar-refractivity contribution in [2.24, 2.45) is 0 Å². The predicted molar refractivity (Wildman–Crippen MR) is 62.3 cm³/mol. The van der Waals surface area contributed by atoms with Crippen LogP contribution in [0.4, 0.5) is 0 Å². The average molecular weight is 297 g/mol. The largest absolute Gasteiger partial charge is 1.00 e. The molecule has 0 atom stereocenters. The summed E-state index contributed by atoms with van der Waals surface area (Å²) in [7, 11) is 0. The van der Waals surface area contributed by atoms with E-state index in [4.69, 9.17) is 4.74 Å². The van der Waals surface area contributed by atoms with Crippen molar-refractivity contribution in [2.45, 2.75) is 52.1 Å². The van der Waals surface area contributed by atoms with E-state index in [1.165, 1.54) is 0 Å². The molecule has 0 rings (SSSR count). The summed E-state index contributed by atoms with van der Waals surface area (Å²) < 4.78 is 5.01. The molecule has 0 aromatic carbocycles. The molecule has 104 valence electrons. The number of unbranched alkanes of at least 4 members (excludes halogenated alkanes) is 1. The van der Waals surface area contributed by atoms with Crippen molar-refractivity contribution >= 4 is 17.8 Å². The Kier molecular flexibility index (Phi) is 12.1. The minimum atomic E-state index is -1.12. The van der Waals surface area contributed by atoms with Crippen molar-refractivity contribution in [1.29, 1.82) is 0 Å². The molecule has 0 heterocycles. The zero-order valence-corrected chi connectivity index (χ0v) is 15.2. The Hall–Kier alpha value is 0.0464. The van der Waals surface area contributed by atoms with Crippen LogP contribution in [-0.2, 0) is 19.1 Å². The molecule has 0 saturated carbocycles. The normalized spacial score (nSPS) is 10.3. The molecule has 7 heteroatoms. The summed E-state index contributed by atoms with van der Waals surface area (Å²) in [5, 5.41) is 12.5. The number of amides is 1. The van der Waals surface area contributed by atoms with Crippen LogP contribution < -0.4 is 61.8 Å². The molecule has 0 aromatic rings. The minimum Gasteiger partial charge on any atom is -0.550 e. The second-order valence-corrected chi connectivity index (χ2v) is 4.94. The van der Waals surface area contributed by atoms with E-state index in [-0.39, 0.29) is 76.7 Å². The van der Waals surface area contributed by atoms with E-state index in [1.54, 1.807) is 20.8 Å². The second-order valence-electron chi connectivity index (χ2n) is 4.94. The number of carbonyl (C=O) groups excluding carboxylic acids is 3. The van der Waals surface area contributed by atoms with Gasteiger partial charge in [-0.25, -0.2) is 0 Å². The zero-order valence-electron chi connectivity index (χ0n) is 12.1. The van der Waals surface area contributed by atoms with Gasteiger partial charge in [-0.15, -0.1) is 0 Å². The third kappa shape index (κ3) is 16.0. The fourth-order valence-electron chi connectivity index (χ4n) is 1.19. The molecular weight excluding hydrogens is 277 g/mol. The van der Waals surface area contributed by atoms with Gasteiger partial charge in [0.2, 0.25) is 5.91 Å². The van der Waals surface area contributed by atoms with Crippen molar-refractivity contribution in [2.75, 3.05) is 6.54 Å². The van der Waals surface area contributed by atoms with E-state index in [2.05, 4.69) is 5.32 Å². The summed E-state index contributed by atoms with van der Waals surface area (Å²) in [6.07, 6.45) is 0.978. The van der Waals surface area contributed by atoms with Gasteiger partial charge in [0.25, 0.3) is 0 Å². The Morgan fingerprint density at radius 2 is 1.63 bits per heavy atom. The number of hydrogen-bond donors (Lipinski definition) is 1. The molecule has 0 aliphatic heterocycles. The Balaban J connectivity index is 0. The van der Waals surface area contributed by atoms with Crippen molar-refractivity contribution in [3.63, 3.8) is 0 Å². The van der Waals surface area contributed by atoms with Crippen LogP contribution >= 0.6 is 0 Å². The van der Waals surface area contributed by atoms with Crippen LogP contribution in [0.2, 0.25) is 0 Å². The summed E-state index contributed by atoms with van der Waals surface area (Å²) in [6.45, 7) is 5.06. The number of carboxylic acid groups (broad SMARTS) is 1. The summed E-state index contributed by atoms with van der Waals surface area (Å²) in [6, 6.07) is 0. The Bertz CT molecular complexity index is 312. The van der Waals surface area contributed by atoms with Crippen LogP contribution in [0.15, 0.2) is 0 Å². The van der Waals surface area contributed by atoms with Gasteiger partial charge in [0, 0.05) is 12.4 Å². The number of rotatable bonds is 7. The number of carboxylic acids is 1. The zero-order chi connectivity index (χ0) is 14.2. The second kappa shape index (κ2) is 10.8. The van der Waals surface area contributed by atoms with Crippen molar-refractivity contribution in [3.05, 3.63) is 0 Å². The SMILES string of the molecule is CC(C)(C)OC(=O)CNC(=O)CCCCC(=O)[O-].[K+]. The topological polar surface area (TPSA) is 95.5 Å². The number of aliphatic carboxylic acids is 1. The van der Waals surface area contributed by atoms with Gasteiger partial charge in [-0.3, -0.25) is 9.59 Å². The average Bonchev–Trinajstić information content (AvgIpc) is 2.19. The maximum absolute atomic E-state index is 11.3. The van der Waals surface area contributed by atoms with Crippen LogP contribution in [0.3, 0.4) is 0 Å². The van der Waals surface area contributed by atoms with Gasteiger partial charge in [0.05, 0.1) is 0 Å². The molecule has 0 fully saturated rings. The van der Waals surface area contributed by atoms with Crippen molar-refractivity contribution in [1.82, 2.24) is 5.32 Å². The monoisotopic (exact) mass is 297 g/mol. The van der Waals surface area contributed by atoms with Crippen LogP contribution in [0.5, 0.6) is 0 Å². The van der Waals surface area contributed by atoms with Gasteiger partial charge in [0.1, 0.15) is 12.1 Å². The molecule has 19 heavy (non-hydrogen) atoms. The van der Waals surface area contributed by atoms with Gasteiger partial charge < -0.3 is 20.0 Å². The summed E-state index contributed by atoms with van der Waals surface area (Å²) in [5.41, 5.74) is -0.573. The van der Waals surface area contributed by atoms with E-state index < -0.39 is 17.5 Å². The molecule has 0 spiro atoms. The van der Waals surface area contributed by atoms with E-state index >= 15 is 0 Å². The quantitative estimate of drug-likeness (QED) is 0.303. The Morgan fingerprint density at radius 3 is 2.11 bits per heavy atom. The molecule has 6 nitrogen and oxygen atoms in total. The standard InChI is InChI=1S/C12H21NO5.K/c1-12(2,3)18-11(17)8-13-9(14)6-4-5-7-10(15)16;/h4-8H2,1-3H3,(H,13,14)(H,15,16);/q;+1/p-1. The number of nitrogens with one attached hydrogen (secondary N) is 1. The number of ether oxygens (including phenoxy) is 1. The smallest absolute Gasteiger partial charge is 0.550 e. The van der Waals surface area contributed by atoms with Crippen LogP contribution in [0.1, 0.15) is 46.5 Å².